The van der Waals surface area contributed by atoms with Crippen molar-refractivity contribution in [1.29, 1.82) is 0 Å². The van der Waals surface area contributed by atoms with Gasteiger partial charge in [-0.2, -0.15) is 0 Å². The van der Waals surface area contributed by atoms with Gasteiger partial charge in [0.15, 0.2) is 5.65 Å². The lowest BCUT2D eigenvalue weighted by molar-refractivity contribution is 0.376. The highest BCUT2D eigenvalue weighted by Crippen LogP contribution is 2.31. The van der Waals surface area contributed by atoms with Gasteiger partial charge in [-0.05, 0) is 62.3 Å². The Kier molecular flexibility index (Phi) is 3.35. The molecule has 3 aromatic rings. The number of hydrogen-bond donors (Lipinski definition) is 1. The number of fused-ring (bicyclic) bond motifs is 1. The molecule has 0 spiro atoms. The lowest BCUT2D eigenvalue weighted by Gasteiger charge is -2.25. The molecule has 22 heavy (non-hydrogen) atoms. The Morgan fingerprint density at radius 2 is 1.86 bits per heavy atom. The van der Waals surface area contributed by atoms with E-state index in [4.69, 9.17) is 4.98 Å². The van der Waals surface area contributed by atoms with Crippen LogP contribution in [0.15, 0.2) is 42.6 Å². The van der Waals surface area contributed by atoms with Gasteiger partial charge in [-0.3, -0.25) is 0 Å². The molecular formula is C17H17FN4. The van der Waals surface area contributed by atoms with Gasteiger partial charge in [-0.1, -0.05) is 0 Å². The fraction of sp³-hybridized carbons (Fsp3) is 0.294. The van der Waals surface area contributed by atoms with E-state index in [9.17, 15) is 4.39 Å². The minimum Gasteiger partial charge on any atom is -0.317 e. The van der Waals surface area contributed by atoms with Crippen molar-refractivity contribution in [2.24, 2.45) is 0 Å². The van der Waals surface area contributed by atoms with Gasteiger partial charge in [0.2, 0.25) is 0 Å². The van der Waals surface area contributed by atoms with Gasteiger partial charge in [-0.15, -0.1) is 0 Å². The van der Waals surface area contributed by atoms with Gasteiger partial charge in [0.25, 0.3) is 0 Å². The van der Waals surface area contributed by atoms with Gasteiger partial charge in [0, 0.05) is 17.8 Å². The second kappa shape index (κ2) is 5.50. The molecule has 1 saturated heterocycles. The van der Waals surface area contributed by atoms with E-state index in [0.29, 0.717) is 6.04 Å². The lowest BCUT2D eigenvalue weighted by atomic mass is 10.1. The number of nitrogens with zero attached hydrogens (tertiary/aromatic N) is 3. The summed E-state index contributed by atoms with van der Waals surface area (Å²) in [6, 6.07) is 10.8. The normalized spacial score (nSPS) is 16.2. The SMILES string of the molecule is Fc1ccc(-c2nc3cccnc3n2C2CCNCC2)cc1. The van der Waals surface area contributed by atoms with Crippen LogP contribution in [0.3, 0.4) is 0 Å². The van der Waals surface area contributed by atoms with Crippen LogP contribution in [0.1, 0.15) is 18.9 Å². The summed E-state index contributed by atoms with van der Waals surface area (Å²) in [6.45, 7) is 2.00. The molecule has 4 rings (SSSR count). The number of pyridine rings is 1. The Morgan fingerprint density at radius 3 is 2.64 bits per heavy atom. The molecule has 1 aromatic carbocycles. The van der Waals surface area contributed by atoms with Crippen LogP contribution in [0, 0.1) is 5.82 Å². The van der Waals surface area contributed by atoms with Gasteiger partial charge in [0.05, 0.1) is 0 Å². The first-order chi connectivity index (χ1) is 10.8. The average molecular weight is 296 g/mol. The zero-order chi connectivity index (χ0) is 14.9. The summed E-state index contributed by atoms with van der Waals surface area (Å²) >= 11 is 0. The molecule has 0 radical (unpaired) electrons. The molecule has 0 aliphatic carbocycles. The molecule has 0 bridgehead atoms. The summed E-state index contributed by atoms with van der Waals surface area (Å²) in [5, 5.41) is 3.39. The highest BCUT2D eigenvalue weighted by Gasteiger charge is 2.22. The van der Waals surface area contributed by atoms with E-state index in [1.807, 2.05) is 12.1 Å². The minimum atomic E-state index is -0.230. The molecule has 0 amide bonds. The van der Waals surface area contributed by atoms with Gasteiger partial charge < -0.3 is 9.88 Å². The van der Waals surface area contributed by atoms with Crippen molar-refractivity contribution in [2.45, 2.75) is 18.9 Å². The van der Waals surface area contributed by atoms with Gasteiger partial charge in [-0.25, -0.2) is 14.4 Å². The Hall–Kier alpha value is -2.27. The molecule has 5 heteroatoms. The molecule has 0 unspecified atom stereocenters. The molecule has 1 fully saturated rings. The summed E-state index contributed by atoms with van der Waals surface area (Å²) in [6.07, 6.45) is 3.91. The summed E-state index contributed by atoms with van der Waals surface area (Å²) in [7, 11) is 0. The largest absolute Gasteiger partial charge is 0.317 e. The number of imidazole rings is 1. The number of nitrogens with one attached hydrogen (secondary N) is 1. The van der Waals surface area contributed by atoms with E-state index >= 15 is 0 Å². The smallest absolute Gasteiger partial charge is 0.160 e. The van der Waals surface area contributed by atoms with Gasteiger partial charge >= 0.3 is 0 Å². The Balaban J connectivity index is 1.90. The molecular weight excluding hydrogens is 279 g/mol. The molecule has 1 aliphatic heterocycles. The van der Waals surface area contributed by atoms with Crippen LogP contribution in [0.25, 0.3) is 22.6 Å². The predicted molar refractivity (Wildman–Crippen MR) is 84.1 cm³/mol. The average Bonchev–Trinajstić information content (AvgIpc) is 2.96. The van der Waals surface area contributed by atoms with E-state index < -0.39 is 0 Å². The molecule has 2 aromatic heterocycles. The topological polar surface area (TPSA) is 42.7 Å². The minimum absolute atomic E-state index is 0.230. The molecule has 112 valence electrons. The van der Waals surface area contributed by atoms with Crippen molar-refractivity contribution in [1.82, 2.24) is 19.9 Å². The maximum Gasteiger partial charge on any atom is 0.160 e. The van der Waals surface area contributed by atoms with E-state index in [1.165, 1.54) is 12.1 Å². The van der Waals surface area contributed by atoms with Crippen molar-refractivity contribution in [3.8, 4) is 11.4 Å². The fourth-order valence-corrected chi connectivity index (χ4v) is 3.14. The van der Waals surface area contributed by atoms with Crippen molar-refractivity contribution < 1.29 is 4.39 Å². The molecule has 4 nitrogen and oxygen atoms in total. The molecule has 0 saturated carbocycles. The van der Waals surface area contributed by atoms with Crippen molar-refractivity contribution in [2.75, 3.05) is 13.1 Å². The van der Waals surface area contributed by atoms with E-state index in [-0.39, 0.29) is 5.82 Å². The van der Waals surface area contributed by atoms with Crippen LogP contribution in [0.5, 0.6) is 0 Å². The zero-order valence-corrected chi connectivity index (χ0v) is 12.2. The fourth-order valence-electron chi connectivity index (χ4n) is 3.14. The summed E-state index contributed by atoms with van der Waals surface area (Å²) in [5.41, 5.74) is 2.73. The van der Waals surface area contributed by atoms with Gasteiger partial charge in [0.1, 0.15) is 17.2 Å². The third-order valence-corrected chi connectivity index (χ3v) is 4.23. The van der Waals surface area contributed by atoms with Crippen LogP contribution < -0.4 is 5.32 Å². The third kappa shape index (κ3) is 2.27. The van der Waals surface area contributed by atoms with Crippen LogP contribution in [0.2, 0.25) is 0 Å². The second-order valence-corrected chi connectivity index (χ2v) is 5.64. The van der Waals surface area contributed by atoms with E-state index in [2.05, 4.69) is 14.9 Å². The zero-order valence-electron chi connectivity index (χ0n) is 12.2. The summed E-state index contributed by atoms with van der Waals surface area (Å²) < 4.78 is 15.4. The summed E-state index contributed by atoms with van der Waals surface area (Å²) in [5.74, 6) is 0.645. The van der Waals surface area contributed by atoms with Crippen LogP contribution in [-0.2, 0) is 0 Å². The van der Waals surface area contributed by atoms with E-state index in [0.717, 1.165) is 48.5 Å². The maximum atomic E-state index is 13.2. The first-order valence-electron chi connectivity index (χ1n) is 7.62. The molecule has 0 atom stereocenters. The number of halogens is 1. The number of aromatic nitrogens is 3. The Bertz CT molecular complexity index is 788. The summed E-state index contributed by atoms with van der Waals surface area (Å²) in [4.78, 5) is 9.27. The highest BCUT2D eigenvalue weighted by molar-refractivity contribution is 5.77. The second-order valence-electron chi connectivity index (χ2n) is 5.64. The standard InChI is InChI=1S/C17H17FN4/c18-13-5-3-12(4-6-13)16-21-15-2-1-9-20-17(15)22(16)14-7-10-19-11-8-14/h1-6,9,14,19H,7-8,10-11H2. The molecule has 1 N–H and O–H groups in total. The predicted octanol–water partition coefficient (Wildman–Crippen LogP) is 3.16. The number of benzene rings is 1. The van der Waals surface area contributed by atoms with Crippen molar-refractivity contribution in [3.05, 3.63) is 48.4 Å². The van der Waals surface area contributed by atoms with Crippen LogP contribution >= 0.6 is 0 Å². The lowest BCUT2D eigenvalue weighted by Crippen LogP contribution is -2.29. The Labute approximate surface area is 128 Å². The first-order valence-corrected chi connectivity index (χ1v) is 7.62. The molecule has 1 aliphatic rings. The van der Waals surface area contributed by atoms with E-state index in [1.54, 1.807) is 18.3 Å². The van der Waals surface area contributed by atoms with Crippen molar-refractivity contribution >= 4 is 11.2 Å². The van der Waals surface area contributed by atoms with Crippen LogP contribution in [0.4, 0.5) is 4.39 Å². The molecule has 3 heterocycles. The number of hydrogen-bond acceptors (Lipinski definition) is 3. The Morgan fingerprint density at radius 1 is 1.09 bits per heavy atom. The number of piperidine rings is 1. The third-order valence-electron chi connectivity index (χ3n) is 4.23. The highest BCUT2D eigenvalue weighted by atomic mass is 19.1. The first kappa shape index (κ1) is 13.4. The maximum absolute atomic E-state index is 13.2. The monoisotopic (exact) mass is 296 g/mol. The quantitative estimate of drug-likeness (QED) is 0.790. The van der Waals surface area contributed by atoms with Crippen molar-refractivity contribution in [3.63, 3.8) is 0 Å². The number of rotatable bonds is 2. The van der Waals surface area contributed by atoms with Crippen LogP contribution in [-0.4, -0.2) is 27.6 Å².